The molecule has 1 saturated heterocycles. The summed E-state index contributed by atoms with van der Waals surface area (Å²) >= 11 is 0. The fraction of sp³-hybridized carbons (Fsp3) is 0.947. The molecule has 3 heteroatoms. The third-order valence-electron chi connectivity index (χ3n) is 4.69. The highest BCUT2D eigenvalue weighted by molar-refractivity contribution is 6.77. The maximum atomic E-state index is 12.8. The minimum absolute atomic E-state index is 0. The van der Waals surface area contributed by atoms with Gasteiger partial charge in [0, 0.05) is 19.0 Å². The van der Waals surface area contributed by atoms with Crippen molar-refractivity contribution in [1.29, 1.82) is 0 Å². The number of carbonyl (C=O) groups excluding carboxylic acids is 1. The van der Waals surface area contributed by atoms with E-state index >= 15 is 0 Å². The smallest absolute Gasteiger partial charge is 0.155 e. The Morgan fingerprint density at radius 3 is 1.91 bits per heavy atom. The van der Waals surface area contributed by atoms with Gasteiger partial charge in [0.15, 0.2) is 5.78 Å². The van der Waals surface area contributed by atoms with E-state index in [9.17, 15) is 4.79 Å². The lowest BCUT2D eigenvalue weighted by Crippen LogP contribution is -2.51. The van der Waals surface area contributed by atoms with Crippen LogP contribution in [0.3, 0.4) is 0 Å². The van der Waals surface area contributed by atoms with Crippen LogP contribution in [-0.2, 0) is 4.79 Å². The summed E-state index contributed by atoms with van der Waals surface area (Å²) in [5.74, 6) is 1.11. The topological polar surface area (TPSA) is 29.1 Å². The van der Waals surface area contributed by atoms with E-state index in [2.05, 4.69) is 39.2 Å². The highest BCUT2D eigenvalue weighted by Crippen LogP contribution is 2.35. The maximum absolute atomic E-state index is 12.8. The van der Waals surface area contributed by atoms with Crippen molar-refractivity contribution in [2.24, 2.45) is 11.3 Å². The lowest BCUT2D eigenvalue weighted by atomic mass is 9.81. The van der Waals surface area contributed by atoms with Crippen LogP contribution in [0.1, 0.15) is 68.2 Å². The summed E-state index contributed by atoms with van der Waals surface area (Å²) in [6, 6.07) is 2.88. The normalized spacial score (nSPS) is 21.1. The summed E-state index contributed by atoms with van der Waals surface area (Å²) in [5.41, 5.74) is -0.264. The van der Waals surface area contributed by atoms with Crippen molar-refractivity contribution in [2.75, 3.05) is 0 Å². The molecule has 0 bridgehead atoms. The van der Waals surface area contributed by atoms with Gasteiger partial charge in [0.05, 0.1) is 6.04 Å². The minimum atomic E-state index is -0.899. The molecule has 1 aliphatic rings. The number of hydrogen-bond donors (Lipinski definition) is 1. The molecule has 0 aromatic rings. The van der Waals surface area contributed by atoms with Gasteiger partial charge in [0.2, 0.25) is 0 Å². The van der Waals surface area contributed by atoms with Crippen LogP contribution in [0.5, 0.6) is 0 Å². The molecular weight excluding hydrogens is 286 g/mol. The predicted molar refractivity (Wildman–Crippen MR) is 102 cm³/mol. The van der Waals surface area contributed by atoms with Gasteiger partial charge in [-0.3, -0.25) is 4.79 Å². The zero-order valence-corrected chi connectivity index (χ0v) is 16.6. The van der Waals surface area contributed by atoms with Crippen LogP contribution in [0.25, 0.3) is 0 Å². The fourth-order valence-electron chi connectivity index (χ4n) is 3.30. The van der Waals surface area contributed by atoms with Gasteiger partial charge in [-0.2, -0.15) is 0 Å². The highest BCUT2D eigenvalue weighted by atomic mass is 28.3. The van der Waals surface area contributed by atoms with Gasteiger partial charge in [0.25, 0.3) is 0 Å². The van der Waals surface area contributed by atoms with Gasteiger partial charge in [-0.25, -0.2) is 0 Å². The van der Waals surface area contributed by atoms with Crippen LogP contribution in [0, 0.1) is 11.3 Å². The first-order valence-electron chi connectivity index (χ1n) is 8.62. The van der Waals surface area contributed by atoms with Crippen molar-refractivity contribution in [2.45, 2.75) is 105 Å². The van der Waals surface area contributed by atoms with Gasteiger partial charge >= 0.3 is 0 Å². The van der Waals surface area contributed by atoms with Gasteiger partial charge in [0.1, 0.15) is 0 Å². The first-order valence-corrected chi connectivity index (χ1v) is 12.0. The summed E-state index contributed by atoms with van der Waals surface area (Å²) in [4.78, 5) is 12.8. The van der Waals surface area contributed by atoms with Crippen LogP contribution in [0.15, 0.2) is 0 Å². The van der Waals surface area contributed by atoms with Crippen LogP contribution in [0.2, 0.25) is 25.2 Å². The Balaban J connectivity index is 0.00000441. The van der Waals surface area contributed by atoms with Gasteiger partial charge in [-0.15, -0.1) is 0 Å². The average molecular weight is 328 g/mol. The Morgan fingerprint density at radius 2 is 1.55 bits per heavy atom. The zero-order chi connectivity index (χ0) is 16.5. The van der Waals surface area contributed by atoms with Crippen LogP contribution in [-0.4, -0.2) is 25.4 Å². The van der Waals surface area contributed by atoms with Crippen molar-refractivity contribution in [3.05, 3.63) is 0 Å². The van der Waals surface area contributed by atoms with Gasteiger partial charge in [-0.1, -0.05) is 66.2 Å². The predicted octanol–water partition coefficient (Wildman–Crippen LogP) is 5.50. The lowest BCUT2D eigenvalue weighted by molar-refractivity contribution is -0.129. The minimum Gasteiger partial charge on any atom is -0.303 e. The third kappa shape index (κ3) is 7.41. The van der Waals surface area contributed by atoms with E-state index in [4.69, 9.17) is 0 Å². The Bertz CT molecular complexity index is 353. The molecule has 1 atom stereocenters. The van der Waals surface area contributed by atoms with E-state index in [1.807, 2.05) is 20.8 Å². The Morgan fingerprint density at radius 1 is 1.09 bits per heavy atom. The molecule has 1 heterocycles. The molecule has 2 nitrogen and oxygen atoms in total. The number of hydrogen-bond acceptors (Lipinski definition) is 2. The van der Waals surface area contributed by atoms with E-state index in [1.165, 1.54) is 24.9 Å². The zero-order valence-electron chi connectivity index (χ0n) is 15.6. The molecule has 1 fully saturated rings. The van der Waals surface area contributed by atoms with Crippen molar-refractivity contribution in [1.82, 2.24) is 5.32 Å². The van der Waals surface area contributed by atoms with Crippen LogP contribution in [0.4, 0.5) is 0 Å². The second-order valence-electron chi connectivity index (χ2n) is 9.90. The molecule has 22 heavy (non-hydrogen) atoms. The summed E-state index contributed by atoms with van der Waals surface area (Å²) in [6.45, 7) is 17.6. The highest BCUT2D eigenvalue weighted by Gasteiger charge is 2.35. The molecule has 1 N–H and O–H groups in total. The molecule has 0 aliphatic carbocycles. The Kier molecular flexibility index (Phi) is 7.56. The van der Waals surface area contributed by atoms with E-state index < -0.39 is 8.07 Å². The van der Waals surface area contributed by atoms with E-state index in [0.29, 0.717) is 5.78 Å². The molecule has 0 aromatic heterocycles. The number of Topliss-reactive ketones (excluding diaryl/α,β-unsaturated/α-hetero) is 1. The summed E-state index contributed by atoms with van der Waals surface area (Å²) in [6.07, 6.45) is 3.69. The third-order valence-corrected chi connectivity index (χ3v) is 7.98. The fourth-order valence-corrected chi connectivity index (χ4v) is 5.93. The second-order valence-corrected chi connectivity index (χ2v) is 15.2. The molecule has 0 spiro atoms. The van der Waals surface area contributed by atoms with Crippen molar-refractivity contribution < 1.29 is 4.79 Å². The first-order chi connectivity index (χ1) is 9.30. The first kappa shape index (κ1) is 21.8. The molecule has 1 unspecified atom stereocenters. The standard InChI is InChI=1S/C18H37NOSi.CH4/c1-17(2,3)16(20)15(19-18(4,5)6)13-14-9-11-21(7,8)12-10-14;/h14-15,19H,9-13H2,1-8H3;1H4. The monoisotopic (exact) mass is 327 g/mol. The second kappa shape index (κ2) is 7.61. The quantitative estimate of drug-likeness (QED) is 0.690. The van der Waals surface area contributed by atoms with E-state index in [0.717, 1.165) is 12.3 Å². The summed E-state index contributed by atoms with van der Waals surface area (Å²) in [5, 5.41) is 3.59. The van der Waals surface area contributed by atoms with Crippen LogP contribution >= 0.6 is 0 Å². The van der Waals surface area contributed by atoms with Crippen molar-refractivity contribution in [3.63, 3.8) is 0 Å². The summed E-state index contributed by atoms with van der Waals surface area (Å²) < 4.78 is 0. The SMILES string of the molecule is C.CC(C)(C)NC(CC1CC[Si](C)(C)CC1)C(=O)C(C)(C)C. The van der Waals surface area contributed by atoms with Gasteiger partial charge < -0.3 is 5.32 Å². The number of carbonyl (C=O) groups is 1. The Hall–Kier alpha value is -0.153. The maximum Gasteiger partial charge on any atom is 0.155 e. The molecule has 0 radical (unpaired) electrons. The lowest BCUT2D eigenvalue weighted by Gasteiger charge is -2.37. The van der Waals surface area contributed by atoms with Crippen molar-refractivity contribution in [3.8, 4) is 0 Å². The van der Waals surface area contributed by atoms with Gasteiger partial charge in [-0.05, 0) is 33.1 Å². The molecule has 0 amide bonds. The largest absolute Gasteiger partial charge is 0.303 e. The molecular formula is C19H41NOSi. The molecule has 0 aromatic carbocycles. The van der Waals surface area contributed by atoms with E-state index in [-0.39, 0.29) is 24.4 Å². The number of nitrogens with one attached hydrogen (secondary N) is 1. The van der Waals surface area contributed by atoms with Crippen molar-refractivity contribution >= 4 is 13.9 Å². The molecule has 1 rings (SSSR count). The summed E-state index contributed by atoms with van der Waals surface area (Å²) in [7, 11) is -0.899. The Labute approximate surface area is 140 Å². The number of ketones is 1. The number of rotatable bonds is 4. The average Bonchev–Trinajstić information content (AvgIpc) is 2.27. The molecule has 1 aliphatic heterocycles. The molecule has 132 valence electrons. The van der Waals surface area contributed by atoms with Crippen LogP contribution < -0.4 is 5.32 Å². The molecule has 0 saturated carbocycles. The van der Waals surface area contributed by atoms with E-state index in [1.54, 1.807) is 0 Å².